The number of carbonyl (C=O) groups excluding carboxylic acids is 2. The first-order valence-electron chi connectivity index (χ1n) is 9.95. The van der Waals surface area contributed by atoms with Gasteiger partial charge in [0.25, 0.3) is 5.91 Å². The van der Waals surface area contributed by atoms with Crippen molar-refractivity contribution in [2.45, 2.75) is 37.6 Å². The summed E-state index contributed by atoms with van der Waals surface area (Å²) in [7, 11) is -3.74. The quantitative estimate of drug-likeness (QED) is 0.760. The Morgan fingerprint density at radius 3 is 2.23 bits per heavy atom. The van der Waals surface area contributed by atoms with Gasteiger partial charge in [0.15, 0.2) is 0 Å². The first-order chi connectivity index (χ1) is 14.2. The molecule has 2 aromatic rings. The summed E-state index contributed by atoms with van der Waals surface area (Å²) in [5.41, 5.74) is 2.45. The number of carbonyl (C=O) groups is 2. The van der Waals surface area contributed by atoms with E-state index < -0.39 is 10.0 Å². The standard InChI is InChI=1S/C22H27N3O4S/c1-15-5-3-4-6-20(15)22(27)25-13-11-18(12-14-25)21(26)24-16(2)17-7-9-19(10-8-17)30(23,28)29/h3-10,16,18H,11-14H2,1-2H3,(H,24,26)(H2,23,28,29)/t16-/m1/s1. The molecule has 0 spiro atoms. The second kappa shape index (κ2) is 8.97. The molecule has 0 radical (unpaired) electrons. The summed E-state index contributed by atoms with van der Waals surface area (Å²) >= 11 is 0. The van der Waals surface area contributed by atoms with Crippen molar-refractivity contribution in [3.05, 3.63) is 65.2 Å². The molecule has 7 nitrogen and oxygen atoms in total. The molecule has 0 unspecified atom stereocenters. The van der Waals surface area contributed by atoms with Crippen LogP contribution < -0.4 is 10.5 Å². The van der Waals surface area contributed by atoms with Crippen molar-refractivity contribution < 1.29 is 18.0 Å². The number of nitrogens with two attached hydrogens (primary N) is 1. The summed E-state index contributed by atoms with van der Waals surface area (Å²) in [5, 5.41) is 8.10. The van der Waals surface area contributed by atoms with E-state index in [0.29, 0.717) is 31.5 Å². The lowest BCUT2D eigenvalue weighted by molar-refractivity contribution is -0.127. The Labute approximate surface area is 177 Å². The summed E-state index contributed by atoms with van der Waals surface area (Å²) in [4.78, 5) is 27.3. The monoisotopic (exact) mass is 429 g/mol. The van der Waals surface area contributed by atoms with Crippen LogP contribution in [0.25, 0.3) is 0 Å². The van der Waals surface area contributed by atoms with Gasteiger partial charge in [-0.2, -0.15) is 0 Å². The molecule has 1 aliphatic rings. The number of nitrogens with one attached hydrogen (secondary N) is 1. The maximum absolute atomic E-state index is 12.7. The second-order valence-corrected chi connectivity index (χ2v) is 9.29. The van der Waals surface area contributed by atoms with Crippen LogP contribution in [0.1, 0.15) is 47.3 Å². The predicted octanol–water partition coefficient (Wildman–Crippen LogP) is 2.37. The normalized spacial score (nSPS) is 16.2. The lowest BCUT2D eigenvalue weighted by Gasteiger charge is -2.32. The zero-order valence-electron chi connectivity index (χ0n) is 17.2. The molecule has 3 N–H and O–H groups in total. The molecule has 30 heavy (non-hydrogen) atoms. The van der Waals surface area contributed by atoms with E-state index in [9.17, 15) is 18.0 Å². The van der Waals surface area contributed by atoms with E-state index in [4.69, 9.17) is 5.14 Å². The highest BCUT2D eigenvalue weighted by Crippen LogP contribution is 2.22. The number of sulfonamides is 1. The van der Waals surface area contributed by atoms with E-state index >= 15 is 0 Å². The molecule has 0 aliphatic carbocycles. The van der Waals surface area contributed by atoms with Gasteiger partial charge in [0.05, 0.1) is 10.9 Å². The van der Waals surface area contributed by atoms with Gasteiger partial charge >= 0.3 is 0 Å². The number of nitrogens with zero attached hydrogens (tertiary/aromatic N) is 1. The summed E-state index contributed by atoms with van der Waals surface area (Å²) in [6, 6.07) is 13.4. The molecule has 1 fully saturated rings. The minimum atomic E-state index is -3.74. The third-order valence-electron chi connectivity index (χ3n) is 5.60. The second-order valence-electron chi connectivity index (χ2n) is 7.73. The van der Waals surface area contributed by atoms with E-state index in [1.807, 2.05) is 43.0 Å². The lowest BCUT2D eigenvalue weighted by atomic mass is 9.94. The number of piperidine rings is 1. The van der Waals surface area contributed by atoms with Crippen LogP contribution in [-0.2, 0) is 14.8 Å². The molecule has 1 aliphatic heterocycles. The van der Waals surface area contributed by atoms with Gasteiger partial charge in [0.1, 0.15) is 0 Å². The highest BCUT2D eigenvalue weighted by Gasteiger charge is 2.29. The zero-order chi connectivity index (χ0) is 21.9. The minimum absolute atomic E-state index is 0.00951. The zero-order valence-corrected chi connectivity index (χ0v) is 18.0. The average molecular weight is 430 g/mol. The summed E-state index contributed by atoms with van der Waals surface area (Å²) < 4.78 is 22.7. The third-order valence-corrected chi connectivity index (χ3v) is 6.53. The fourth-order valence-electron chi connectivity index (χ4n) is 3.69. The number of rotatable bonds is 5. The maximum Gasteiger partial charge on any atom is 0.254 e. The molecule has 1 atom stereocenters. The fraction of sp³-hybridized carbons (Fsp3) is 0.364. The van der Waals surface area contributed by atoms with Gasteiger partial charge in [-0.3, -0.25) is 9.59 Å². The Morgan fingerprint density at radius 1 is 1.07 bits per heavy atom. The van der Waals surface area contributed by atoms with Crippen molar-refractivity contribution in [2.75, 3.05) is 13.1 Å². The van der Waals surface area contributed by atoms with Crippen molar-refractivity contribution >= 4 is 21.8 Å². The molecular formula is C22H27N3O4S. The Balaban J connectivity index is 1.55. The molecule has 2 amide bonds. The average Bonchev–Trinajstić information content (AvgIpc) is 2.73. The van der Waals surface area contributed by atoms with Crippen molar-refractivity contribution in [3.8, 4) is 0 Å². The topological polar surface area (TPSA) is 110 Å². The molecule has 2 aromatic carbocycles. The van der Waals surface area contributed by atoms with Gasteiger partial charge in [-0.1, -0.05) is 30.3 Å². The minimum Gasteiger partial charge on any atom is -0.349 e. The number of hydrogen-bond donors (Lipinski definition) is 2. The van der Waals surface area contributed by atoms with Gasteiger partial charge < -0.3 is 10.2 Å². The Bertz CT molecular complexity index is 1030. The number of amides is 2. The van der Waals surface area contributed by atoms with Gasteiger partial charge in [-0.25, -0.2) is 13.6 Å². The molecular weight excluding hydrogens is 402 g/mol. The van der Waals surface area contributed by atoms with Crippen molar-refractivity contribution in [2.24, 2.45) is 11.1 Å². The molecule has 1 saturated heterocycles. The Morgan fingerprint density at radius 2 is 1.67 bits per heavy atom. The maximum atomic E-state index is 12.7. The van der Waals surface area contributed by atoms with Crippen LogP contribution in [-0.4, -0.2) is 38.2 Å². The van der Waals surface area contributed by atoms with E-state index in [0.717, 1.165) is 11.1 Å². The summed E-state index contributed by atoms with van der Waals surface area (Å²) in [6.45, 7) is 4.86. The molecule has 1 heterocycles. The SMILES string of the molecule is Cc1ccccc1C(=O)N1CCC(C(=O)N[C@H](C)c2ccc(S(N)(=O)=O)cc2)CC1. The third kappa shape index (κ3) is 5.06. The molecule has 3 rings (SSSR count). The molecule has 8 heteroatoms. The molecule has 160 valence electrons. The van der Waals surface area contributed by atoms with Gasteiger partial charge in [0.2, 0.25) is 15.9 Å². The van der Waals surface area contributed by atoms with E-state index in [2.05, 4.69) is 5.32 Å². The number of aryl methyl sites for hydroxylation is 1. The molecule has 0 aromatic heterocycles. The Hall–Kier alpha value is -2.71. The van der Waals surface area contributed by atoms with Crippen molar-refractivity contribution in [3.63, 3.8) is 0 Å². The summed E-state index contributed by atoms with van der Waals surface area (Å²) in [6.07, 6.45) is 1.22. The van der Waals surface area contributed by atoms with Crippen LogP contribution in [0.15, 0.2) is 53.4 Å². The Kier molecular flexibility index (Phi) is 6.58. The smallest absolute Gasteiger partial charge is 0.254 e. The summed E-state index contributed by atoms with van der Waals surface area (Å²) in [5.74, 6) is -0.201. The number of primary sulfonamides is 1. The molecule has 0 saturated carbocycles. The predicted molar refractivity (Wildman–Crippen MR) is 114 cm³/mol. The van der Waals surface area contributed by atoms with Crippen LogP contribution in [0.5, 0.6) is 0 Å². The van der Waals surface area contributed by atoms with Crippen molar-refractivity contribution in [1.82, 2.24) is 10.2 Å². The first kappa shape index (κ1) is 22.0. The van der Waals surface area contributed by atoms with E-state index in [1.165, 1.54) is 12.1 Å². The van der Waals surface area contributed by atoms with Crippen LogP contribution in [0.4, 0.5) is 0 Å². The molecule has 0 bridgehead atoms. The highest BCUT2D eigenvalue weighted by molar-refractivity contribution is 7.89. The lowest BCUT2D eigenvalue weighted by Crippen LogP contribution is -2.43. The van der Waals surface area contributed by atoms with Crippen molar-refractivity contribution in [1.29, 1.82) is 0 Å². The van der Waals surface area contributed by atoms with E-state index in [1.54, 1.807) is 12.1 Å². The fourth-order valence-corrected chi connectivity index (χ4v) is 4.20. The van der Waals surface area contributed by atoms with Crippen LogP contribution in [0.3, 0.4) is 0 Å². The first-order valence-corrected chi connectivity index (χ1v) is 11.5. The number of likely N-dealkylation sites (tertiary alicyclic amines) is 1. The number of benzene rings is 2. The van der Waals surface area contributed by atoms with Gasteiger partial charge in [-0.15, -0.1) is 0 Å². The van der Waals surface area contributed by atoms with Crippen LogP contribution >= 0.6 is 0 Å². The van der Waals surface area contributed by atoms with Gasteiger partial charge in [-0.05, 0) is 56.0 Å². The van der Waals surface area contributed by atoms with Gasteiger partial charge in [0, 0.05) is 24.6 Å². The van der Waals surface area contributed by atoms with E-state index in [-0.39, 0.29) is 28.7 Å². The van der Waals surface area contributed by atoms with Crippen LogP contribution in [0.2, 0.25) is 0 Å². The highest BCUT2D eigenvalue weighted by atomic mass is 32.2. The largest absolute Gasteiger partial charge is 0.349 e. The number of hydrogen-bond acceptors (Lipinski definition) is 4. The van der Waals surface area contributed by atoms with Crippen LogP contribution in [0, 0.1) is 12.8 Å².